The second kappa shape index (κ2) is 5.96. The normalized spacial score (nSPS) is 12.2. The van der Waals surface area contributed by atoms with E-state index in [2.05, 4.69) is 5.32 Å². The van der Waals surface area contributed by atoms with Crippen LogP contribution in [-0.2, 0) is 0 Å². The van der Waals surface area contributed by atoms with E-state index in [1.807, 2.05) is 0 Å². The first-order valence-corrected chi connectivity index (χ1v) is 6.10. The number of nitrogens with one attached hydrogen (secondary N) is 1. The van der Waals surface area contributed by atoms with Gasteiger partial charge < -0.3 is 10.4 Å². The predicted octanol–water partition coefficient (Wildman–Crippen LogP) is 3.56. The summed E-state index contributed by atoms with van der Waals surface area (Å²) in [6.07, 6.45) is -1.27. The van der Waals surface area contributed by atoms with E-state index >= 15 is 0 Å². The quantitative estimate of drug-likeness (QED) is 0.898. The second-order valence-electron chi connectivity index (χ2n) is 4.55. The summed E-state index contributed by atoms with van der Waals surface area (Å²) < 4.78 is 40.0. The molecule has 2 N–H and O–H groups in total. The van der Waals surface area contributed by atoms with E-state index in [1.54, 1.807) is 13.0 Å². The van der Waals surface area contributed by atoms with Crippen molar-refractivity contribution in [2.45, 2.75) is 13.0 Å². The first-order valence-electron chi connectivity index (χ1n) is 6.10. The lowest BCUT2D eigenvalue weighted by Gasteiger charge is -2.14. The van der Waals surface area contributed by atoms with Crippen LogP contribution in [0.4, 0.5) is 18.9 Å². The minimum absolute atomic E-state index is 0.125. The predicted molar refractivity (Wildman–Crippen MR) is 70.9 cm³/mol. The number of hydrogen-bond acceptors (Lipinski definition) is 2. The van der Waals surface area contributed by atoms with Gasteiger partial charge in [0.2, 0.25) is 0 Å². The third-order valence-electron chi connectivity index (χ3n) is 2.93. The van der Waals surface area contributed by atoms with Gasteiger partial charge in [0, 0.05) is 12.1 Å². The van der Waals surface area contributed by atoms with Crippen LogP contribution >= 0.6 is 0 Å². The number of halogens is 3. The van der Waals surface area contributed by atoms with Crippen molar-refractivity contribution in [3.8, 4) is 0 Å². The Bertz CT molecular complexity index is 616. The van der Waals surface area contributed by atoms with Crippen LogP contribution in [0.2, 0.25) is 0 Å². The van der Waals surface area contributed by atoms with E-state index in [1.165, 1.54) is 12.1 Å². The maximum atomic E-state index is 13.6. The van der Waals surface area contributed by atoms with Crippen LogP contribution in [0.15, 0.2) is 36.4 Å². The van der Waals surface area contributed by atoms with Crippen LogP contribution in [0, 0.1) is 24.4 Å². The van der Waals surface area contributed by atoms with Gasteiger partial charge in [-0.3, -0.25) is 0 Å². The topological polar surface area (TPSA) is 32.3 Å². The highest BCUT2D eigenvalue weighted by Gasteiger charge is 2.14. The molecule has 0 aliphatic carbocycles. The second-order valence-corrected chi connectivity index (χ2v) is 4.55. The van der Waals surface area contributed by atoms with Gasteiger partial charge >= 0.3 is 0 Å². The lowest BCUT2D eigenvalue weighted by atomic mass is 10.1. The Morgan fingerprint density at radius 3 is 2.50 bits per heavy atom. The number of hydrogen-bond donors (Lipinski definition) is 2. The Labute approximate surface area is 114 Å². The molecule has 0 fully saturated rings. The molecule has 106 valence electrons. The smallest absolute Gasteiger partial charge is 0.146 e. The fourth-order valence-corrected chi connectivity index (χ4v) is 1.85. The number of aryl methyl sites for hydroxylation is 1. The van der Waals surface area contributed by atoms with Gasteiger partial charge in [-0.05, 0) is 42.8 Å². The molecule has 20 heavy (non-hydrogen) atoms. The highest BCUT2D eigenvalue weighted by Crippen LogP contribution is 2.20. The Hall–Kier alpha value is -2.01. The highest BCUT2D eigenvalue weighted by atomic mass is 19.1. The molecule has 0 amide bonds. The minimum Gasteiger partial charge on any atom is -0.386 e. The summed E-state index contributed by atoms with van der Waals surface area (Å²) in [5, 5.41) is 12.5. The summed E-state index contributed by atoms with van der Waals surface area (Å²) in [5.74, 6) is -1.80. The van der Waals surface area contributed by atoms with Crippen LogP contribution in [0.5, 0.6) is 0 Å². The molecule has 0 heterocycles. The Morgan fingerprint density at radius 1 is 1.05 bits per heavy atom. The molecular weight excluding hydrogens is 267 g/mol. The summed E-state index contributed by atoms with van der Waals surface area (Å²) >= 11 is 0. The van der Waals surface area contributed by atoms with Crippen LogP contribution in [0.1, 0.15) is 17.2 Å². The van der Waals surface area contributed by atoms with E-state index < -0.39 is 23.6 Å². The summed E-state index contributed by atoms with van der Waals surface area (Å²) in [6.45, 7) is 1.63. The molecule has 0 aromatic heterocycles. The van der Waals surface area contributed by atoms with Crippen molar-refractivity contribution >= 4 is 5.69 Å². The van der Waals surface area contributed by atoms with Gasteiger partial charge in [0.15, 0.2) is 0 Å². The zero-order chi connectivity index (χ0) is 14.7. The molecule has 1 atom stereocenters. The Balaban J connectivity index is 2.08. The molecule has 0 bridgehead atoms. The van der Waals surface area contributed by atoms with Gasteiger partial charge in [0.1, 0.15) is 17.5 Å². The summed E-state index contributed by atoms with van der Waals surface area (Å²) in [6, 6.07) is 7.42. The molecule has 2 nitrogen and oxygen atoms in total. The largest absolute Gasteiger partial charge is 0.386 e. The third kappa shape index (κ3) is 3.30. The third-order valence-corrected chi connectivity index (χ3v) is 2.93. The maximum absolute atomic E-state index is 13.6. The SMILES string of the molecule is Cc1ccc(NCC(O)c2cc(F)ccc2F)c(F)c1. The molecule has 5 heteroatoms. The molecule has 0 aliphatic rings. The average molecular weight is 281 g/mol. The van der Waals surface area contributed by atoms with E-state index in [4.69, 9.17) is 0 Å². The highest BCUT2D eigenvalue weighted by molar-refractivity contribution is 5.46. The van der Waals surface area contributed by atoms with Gasteiger partial charge in [-0.25, -0.2) is 13.2 Å². The summed E-state index contributed by atoms with van der Waals surface area (Å²) in [4.78, 5) is 0. The van der Waals surface area contributed by atoms with E-state index in [-0.39, 0.29) is 17.8 Å². The standard InChI is InChI=1S/C15H14F3NO/c1-9-2-5-14(13(18)6-9)19-8-15(20)11-7-10(16)3-4-12(11)17/h2-7,15,19-20H,8H2,1H3. The molecule has 2 rings (SSSR count). The molecule has 2 aromatic carbocycles. The number of anilines is 1. The van der Waals surface area contributed by atoms with Gasteiger partial charge in [-0.15, -0.1) is 0 Å². The van der Waals surface area contributed by atoms with Crippen molar-refractivity contribution < 1.29 is 18.3 Å². The molecule has 0 radical (unpaired) electrons. The lowest BCUT2D eigenvalue weighted by Crippen LogP contribution is -2.14. The molecule has 0 saturated carbocycles. The zero-order valence-corrected chi connectivity index (χ0v) is 10.8. The first kappa shape index (κ1) is 14.4. The molecule has 2 aromatic rings. The van der Waals surface area contributed by atoms with E-state index in [0.29, 0.717) is 0 Å². The molecule has 0 saturated heterocycles. The molecule has 0 spiro atoms. The van der Waals surface area contributed by atoms with Crippen molar-refractivity contribution in [3.63, 3.8) is 0 Å². The van der Waals surface area contributed by atoms with Crippen molar-refractivity contribution in [3.05, 3.63) is 65.0 Å². The average Bonchev–Trinajstić information content (AvgIpc) is 2.40. The number of aliphatic hydroxyl groups excluding tert-OH is 1. The van der Waals surface area contributed by atoms with Crippen molar-refractivity contribution in [1.29, 1.82) is 0 Å². The monoisotopic (exact) mass is 281 g/mol. The number of benzene rings is 2. The minimum atomic E-state index is -1.27. The van der Waals surface area contributed by atoms with Gasteiger partial charge in [-0.1, -0.05) is 6.07 Å². The number of aliphatic hydroxyl groups is 1. The maximum Gasteiger partial charge on any atom is 0.146 e. The van der Waals surface area contributed by atoms with E-state index in [9.17, 15) is 18.3 Å². The number of rotatable bonds is 4. The molecular formula is C15H14F3NO. The van der Waals surface area contributed by atoms with Gasteiger partial charge in [0.05, 0.1) is 11.8 Å². The van der Waals surface area contributed by atoms with Crippen LogP contribution in [0.3, 0.4) is 0 Å². The van der Waals surface area contributed by atoms with Crippen molar-refractivity contribution in [2.24, 2.45) is 0 Å². The lowest BCUT2D eigenvalue weighted by molar-refractivity contribution is 0.186. The summed E-state index contributed by atoms with van der Waals surface area (Å²) in [7, 11) is 0. The molecule has 0 aliphatic heterocycles. The van der Waals surface area contributed by atoms with Crippen molar-refractivity contribution in [1.82, 2.24) is 0 Å². The summed E-state index contributed by atoms with van der Waals surface area (Å²) in [5.41, 5.74) is 0.807. The van der Waals surface area contributed by atoms with Crippen molar-refractivity contribution in [2.75, 3.05) is 11.9 Å². The van der Waals surface area contributed by atoms with Crippen LogP contribution < -0.4 is 5.32 Å². The zero-order valence-electron chi connectivity index (χ0n) is 10.8. The van der Waals surface area contributed by atoms with Crippen LogP contribution in [-0.4, -0.2) is 11.7 Å². The van der Waals surface area contributed by atoms with E-state index in [0.717, 1.165) is 23.8 Å². The fourth-order valence-electron chi connectivity index (χ4n) is 1.85. The fraction of sp³-hybridized carbons (Fsp3) is 0.200. The van der Waals surface area contributed by atoms with Gasteiger partial charge in [0.25, 0.3) is 0 Å². The first-order chi connectivity index (χ1) is 9.47. The Kier molecular flexibility index (Phi) is 4.29. The van der Waals surface area contributed by atoms with Gasteiger partial charge in [-0.2, -0.15) is 0 Å². The Morgan fingerprint density at radius 2 is 1.80 bits per heavy atom. The van der Waals surface area contributed by atoms with Crippen LogP contribution in [0.25, 0.3) is 0 Å². The molecule has 1 unspecified atom stereocenters.